The molecule has 1 aromatic heterocycles. The maximum atomic E-state index is 11.6. The number of fused-ring (bicyclic) bond motifs is 1. The molecule has 0 saturated carbocycles. The summed E-state index contributed by atoms with van der Waals surface area (Å²) >= 11 is 4.56. The van der Waals surface area contributed by atoms with E-state index in [1.54, 1.807) is 42.7 Å². The fourth-order valence-corrected chi connectivity index (χ4v) is 3.59. The number of thiol groups is 1. The second kappa shape index (κ2) is 9.36. The molecule has 0 atom stereocenters. The number of anilines is 3. The van der Waals surface area contributed by atoms with Crippen LogP contribution in [0.4, 0.5) is 17.1 Å². The third-order valence-electron chi connectivity index (χ3n) is 4.93. The van der Waals surface area contributed by atoms with Gasteiger partial charge in [-0.2, -0.15) is 0 Å². The summed E-state index contributed by atoms with van der Waals surface area (Å²) in [5.41, 5.74) is 5.08. The summed E-state index contributed by atoms with van der Waals surface area (Å²) in [5.74, 6) is -1.00. The molecule has 7 heteroatoms. The summed E-state index contributed by atoms with van der Waals surface area (Å²) in [7, 11) is 0. The lowest BCUT2D eigenvalue weighted by atomic mass is 10.0. The minimum Gasteiger partial charge on any atom is -0.478 e. The average molecular weight is 441 g/mol. The highest BCUT2D eigenvalue weighted by Crippen LogP contribution is 2.35. The van der Waals surface area contributed by atoms with Crippen molar-refractivity contribution in [1.29, 1.82) is 5.41 Å². The zero-order valence-corrected chi connectivity index (χ0v) is 17.8. The van der Waals surface area contributed by atoms with Gasteiger partial charge in [0.15, 0.2) is 0 Å². The van der Waals surface area contributed by atoms with Crippen molar-refractivity contribution in [3.63, 3.8) is 0 Å². The molecule has 0 fully saturated rings. The Morgan fingerprint density at radius 2 is 1.78 bits per heavy atom. The van der Waals surface area contributed by atoms with Crippen LogP contribution in [0.15, 0.2) is 90.1 Å². The molecular formula is C25H20N4O2S. The highest BCUT2D eigenvalue weighted by molar-refractivity contribution is 7.80. The summed E-state index contributed by atoms with van der Waals surface area (Å²) in [6.45, 7) is 0. The number of rotatable bonds is 7. The van der Waals surface area contributed by atoms with E-state index in [-0.39, 0.29) is 5.56 Å². The van der Waals surface area contributed by atoms with Crippen LogP contribution in [0.25, 0.3) is 22.0 Å². The molecule has 158 valence electrons. The van der Waals surface area contributed by atoms with Gasteiger partial charge >= 0.3 is 5.97 Å². The molecular weight excluding hydrogens is 420 g/mol. The Kier molecular flexibility index (Phi) is 6.19. The van der Waals surface area contributed by atoms with Crippen molar-refractivity contribution in [3.05, 3.63) is 90.8 Å². The number of pyridine rings is 1. The van der Waals surface area contributed by atoms with Crippen LogP contribution >= 0.6 is 12.6 Å². The molecule has 4 aromatic rings. The van der Waals surface area contributed by atoms with E-state index in [4.69, 9.17) is 5.41 Å². The van der Waals surface area contributed by atoms with Crippen molar-refractivity contribution >= 4 is 52.8 Å². The number of carboxylic acids is 1. The van der Waals surface area contributed by atoms with Crippen LogP contribution in [0.3, 0.4) is 0 Å². The van der Waals surface area contributed by atoms with Gasteiger partial charge in [-0.3, -0.25) is 4.98 Å². The quantitative estimate of drug-likeness (QED) is 0.174. The zero-order valence-electron chi connectivity index (χ0n) is 16.9. The molecule has 4 rings (SSSR count). The summed E-state index contributed by atoms with van der Waals surface area (Å²) in [5, 5.41) is 23.7. The Morgan fingerprint density at radius 3 is 2.53 bits per heavy atom. The number of carbonyl (C=O) groups is 1. The first-order valence-electron chi connectivity index (χ1n) is 9.80. The molecule has 0 bridgehead atoms. The van der Waals surface area contributed by atoms with Crippen molar-refractivity contribution < 1.29 is 9.90 Å². The minimum absolute atomic E-state index is 0.182. The molecule has 0 aliphatic heterocycles. The maximum Gasteiger partial charge on any atom is 0.337 e. The van der Waals surface area contributed by atoms with Gasteiger partial charge in [-0.1, -0.05) is 30.3 Å². The Hall–Kier alpha value is -4.10. The molecule has 0 spiro atoms. The first-order valence-corrected chi connectivity index (χ1v) is 10.2. The van der Waals surface area contributed by atoms with Crippen LogP contribution in [0.1, 0.15) is 10.4 Å². The van der Waals surface area contributed by atoms with Crippen molar-refractivity contribution in [2.75, 3.05) is 10.6 Å². The van der Waals surface area contributed by atoms with Gasteiger partial charge < -0.3 is 21.1 Å². The second-order valence-corrected chi connectivity index (χ2v) is 7.46. The molecule has 0 saturated heterocycles. The normalized spacial score (nSPS) is 10.9. The molecule has 4 N–H and O–H groups in total. The SMILES string of the molecule is N=C/C=C\Nc1ccc(-c2ccc3ncc(S)c(Nc4ccccc4C(=O)O)c3c2)cc1. The molecule has 0 amide bonds. The van der Waals surface area contributed by atoms with Crippen molar-refractivity contribution in [3.8, 4) is 11.1 Å². The summed E-state index contributed by atoms with van der Waals surface area (Å²) in [6.07, 6.45) is 6.17. The lowest BCUT2D eigenvalue weighted by Crippen LogP contribution is -2.03. The fraction of sp³-hybridized carbons (Fsp3) is 0. The van der Waals surface area contributed by atoms with Crippen LogP contribution in [-0.4, -0.2) is 22.3 Å². The van der Waals surface area contributed by atoms with Gasteiger partial charge in [-0.05, 0) is 53.6 Å². The van der Waals surface area contributed by atoms with Crippen LogP contribution in [0.5, 0.6) is 0 Å². The molecule has 1 heterocycles. The van der Waals surface area contributed by atoms with Gasteiger partial charge in [0, 0.05) is 34.6 Å². The van der Waals surface area contributed by atoms with Crippen molar-refractivity contribution in [2.45, 2.75) is 4.90 Å². The average Bonchev–Trinajstić information content (AvgIpc) is 2.81. The van der Waals surface area contributed by atoms with E-state index in [0.717, 1.165) is 27.7 Å². The number of allylic oxidation sites excluding steroid dienone is 1. The third kappa shape index (κ3) is 4.48. The van der Waals surface area contributed by atoms with E-state index in [1.807, 2.05) is 42.5 Å². The monoisotopic (exact) mass is 440 g/mol. The Balaban J connectivity index is 1.73. The number of carboxylic acid groups (broad SMARTS) is 1. The van der Waals surface area contributed by atoms with Crippen LogP contribution in [0, 0.1) is 5.41 Å². The van der Waals surface area contributed by atoms with E-state index in [9.17, 15) is 9.90 Å². The molecule has 32 heavy (non-hydrogen) atoms. The van der Waals surface area contributed by atoms with Crippen LogP contribution in [0.2, 0.25) is 0 Å². The van der Waals surface area contributed by atoms with Gasteiger partial charge in [0.1, 0.15) is 0 Å². The topological polar surface area (TPSA) is 98.1 Å². The van der Waals surface area contributed by atoms with Crippen LogP contribution in [-0.2, 0) is 0 Å². The van der Waals surface area contributed by atoms with Gasteiger partial charge in [0.2, 0.25) is 0 Å². The summed E-state index contributed by atoms with van der Waals surface area (Å²) in [6, 6.07) is 20.7. The lowest BCUT2D eigenvalue weighted by molar-refractivity contribution is 0.0698. The number of hydrogen-bond donors (Lipinski definition) is 5. The third-order valence-corrected chi connectivity index (χ3v) is 5.26. The van der Waals surface area contributed by atoms with Crippen LogP contribution < -0.4 is 10.6 Å². The van der Waals surface area contributed by atoms with E-state index in [0.29, 0.717) is 16.3 Å². The van der Waals surface area contributed by atoms with Gasteiger partial charge in [-0.25, -0.2) is 4.79 Å². The van der Waals surface area contributed by atoms with E-state index in [1.165, 1.54) is 6.21 Å². The summed E-state index contributed by atoms with van der Waals surface area (Å²) in [4.78, 5) is 16.7. The van der Waals surface area contributed by atoms with E-state index < -0.39 is 5.97 Å². The number of benzene rings is 3. The number of aromatic carboxylic acids is 1. The molecule has 0 unspecified atom stereocenters. The Labute approximate surface area is 190 Å². The van der Waals surface area contributed by atoms with Gasteiger partial charge in [0.05, 0.1) is 22.5 Å². The fourth-order valence-electron chi connectivity index (χ4n) is 3.36. The summed E-state index contributed by atoms with van der Waals surface area (Å²) < 4.78 is 0. The number of hydrogen-bond acceptors (Lipinski definition) is 6. The Morgan fingerprint density at radius 1 is 1.03 bits per heavy atom. The second-order valence-electron chi connectivity index (χ2n) is 6.97. The number of para-hydroxylation sites is 1. The molecule has 0 radical (unpaired) electrons. The van der Waals surface area contributed by atoms with Crippen molar-refractivity contribution in [1.82, 2.24) is 4.98 Å². The zero-order chi connectivity index (χ0) is 22.5. The minimum atomic E-state index is -1.00. The first kappa shape index (κ1) is 21.1. The molecule has 6 nitrogen and oxygen atoms in total. The largest absolute Gasteiger partial charge is 0.478 e. The highest BCUT2D eigenvalue weighted by Gasteiger charge is 2.13. The lowest BCUT2D eigenvalue weighted by Gasteiger charge is -2.15. The highest BCUT2D eigenvalue weighted by atomic mass is 32.1. The van der Waals surface area contributed by atoms with E-state index >= 15 is 0 Å². The van der Waals surface area contributed by atoms with Gasteiger partial charge in [0.25, 0.3) is 0 Å². The number of nitrogens with one attached hydrogen (secondary N) is 3. The maximum absolute atomic E-state index is 11.6. The standard InChI is InChI=1S/C25H20N4O2S/c26-12-3-13-27-18-9-6-16(7-10-18)17-8-11-21-20(14-17)24(23(32)15-28-21)29-22-5-2-1-4-19(22)25(30)31/h1-15,26-27,32H,(H,28,29)(H,30,31)/b13-3-,26-12?. The predicted octanol–water partition coefficient (Wildman–Crippen LogP) is 6.21. The molecule has 0 aliphatic carbocycles. The Bertz CT molecular complexity index is 1330. The number of aromatic nitrogens is 1. The predicted molar refractivity (Wildman–Crippen MR) is 133 cm³/mol. The number of nitrogens with zero attached hydrogens (tertiary/aromatic N) is 1. The van der Waals surface area contributed by atoms with E-state index in [2.05, 4.69) is 28.2 Å². The van der Waals surface area contributed by atoms with Crippen molar-refractivity contribution in [2.24, 2.45) is 0 Å². The molecule has 0 aliphatic rings. The van der Waals surface area contributed by atoms with Gasteiger partial charge in [-0.15, -0.1) is 12.6 Å². The smallest absolute Gasteiger partial charge is 0.337 e. The molecule has 3 aromatic carbocycles. The first-order chi connectivity index (χ1) is 15.6.